The first kappa shape index (κ1) is 15.3. The van der Waals surface area contributed by atoms with Crippen LogP contribution >= 0.6 is 0 Å². The minimum atomic E-state index is -0.131. The number of fused-ring (bicyclic) bond motifs is 1. The standard InChI is InChI=1S/C16H20N6O/c1-9(2)14-21-13-12(4-5-17-16(13)23)15(22-14)20-8-11-7-18-10(3)6-19-11/h6-7,9H,4-5,8H2,1-3H3,(H,17,23)(H,20,21,22). The highest BCUT2D eigenvalue weighted by Gasteiger charge is 2.24. The van der Waals surface area contributed by atoms with Crippen molar-refractivity contribution in [1.29, 1.82) is 0 Å². The van der Waals surface area contributed by atoms with Crippen molar-refractivity contribution in [2.45, 2.75) is 39.7 Å². The van der Waals surface area contributed by atoms with E-state index in [1.165, 1.54) is 0 Å². The summed E-state index contributed by atoms with van der Waals surface area (Å²) < 4.78 is 0. The second kappa shape index (κ2) is 6.28. The third kappa shape index (κ3) is 3.28. The van der Waals surface area contributed by atoms with Crippen LogP contribution in [-0.4, -0.2) is 32.4 Å². The predicted molar refractivity (Wildman–Crippen MR) is 86.3 cm³/mol. The summed E-state index contributed by atoms with van der Waals surface area (Å²) in [5, 5.41) is 6.12. The normalized spacial score (nSPS) is 13.7. The van der Waals surface area contributed by atoms with Gasteiger partial charge < -0.3 is 10.6 Å². The summed E-state index contributed by atoms with van der Waals surface area (Å²) in [6.07, 6.45) is 4.20. The molecule has 3 heterocycles. The van der Waals surface area contributed by atoms with Crippen LogP contribution in [0.15, 0.2) is 12.4 Å². The van der Waals surface area contributed by atoms with E-state index >= 15 is 0 Å². The van der Waals surface area contributed by atoms with Gasteiger partial charge in [0.2, 0.25) is 0 Å². The highest BCUT2D eigenvalue weighted by Crippen LogP contribution is 2.23. The minimum Gasteiger partial charge on any atom is -0.364 e. The van der Waals surface area contributed by atoms with Crippen molar-refractivity contribution >= 4 is 11.7 Å². The van der Waals surface area contributed by atoms with Gasteiger partial charge in [0.1, 0.15) is 17.3 Å². The van der Waals surface area contributed by atoms with Crippen molar-refractivity contribution < 1.29 is 4.79 Å². The lowest BCUT2D eigenvalue weighted by atomic mass is 10.1. The van der Waals surface area contributed by atoms with E-state index in [-0.39, 0.29) is 11.8 Å². The minimum absolute atomic E-state index is 0.131. The first-order valence-corrected chi connectivity index (χ1v) is 7.75. The Balaban J connectivity index is 1.90. The van der Waals surface area contributed by atoms with Gasteiger partial charge in [-0.25, -0.2) is 9.97 Å². The van der Waals surface area contributed by atoms with E-state index in [1.54, 1.807) is 12.4 Å². The first-order chi connectivity index (χ1) is 11.0. The van der Waals surface area contributed by atoms with Gasteiger partial charge in [-0.05, 0) is 13.3 Å². The highest BCUT2D eigenvalue weighted by atomic mass is 16.1. The lowest BCUT2D eigenvalue weighted by Gasteiger charge is -2.20. The maximum Gasteiger partial charge on any atom is 0.270 e. The molecule has 0 unspecified atom stereocenters. The highest BCUT2D eigenvalue weighted by molar-refractivity contribution is 5.96. The molecular weight excluding hydrogens is 292 g/mol. The van der Waals surface area contributed by atoms with Crippen molar-refractivity contribution in [1.82, 2.24) is 25.3 Å². The summed E-state index contributed by atoms with van der Waals surface area (Å²) in [4.78, 5) is 29.7. The zero-order valence-corrected chi connectivity index (χ0v) is 13.6. The Morgan fingerprint density at radius 1 is 1.26 bits per heavy atom. The van der Waals surface area contributed by atoms with Gasteiger partial charge >= 0.3 is 0 Å². The molecule has 120 valence electrons. The zero-order chi connectivity index (χ0) is 16.4. The quantitative estimate of drug-likeness (QED) is 0.891. The van der Waals surface area contributed by atoms with E-state index < -0.39 is 0 Å². The third-order valence-corrected chi connectivity index (χ3v) is 3.69. The number of anilines is 1. The first-order valence-electron chi connectivity index (χ1n) is 7.75. The third-order valence-electron chi connectivity index (χ3n) is 3.69. The molecule has 7 nitrogen and oxygen atoms in total. The van der Waals surface area contributed by atoms with Crippen LogP contribution in [0.1, 0.15) is 53.0 Å². The molecular formula is C16H20N6O. The molecule has 3 rings (SSSR count). The smallest absolute Gasteiger partial charge is 0.270 e. The van der Waals surface area contributed by atoms with Crippen LogP contribution in [0.3, 0.4) is 0 Å². The van der Waals surface area contributed by atoms with Crippen LogP contribution < -0.4 is 10.6 Å². The molecule has 0 fully saturated rings. The Morgan fingerprint density at radius 3 is 2.78 bits per heavy atom. The van der Waals surface area contributed by atoms with E-state index in [9.17, 15) is 4.79 Å². The molecule has 1 aliphatic heterocycles. The molecule has 0 atom stereocenters. The number of rotatable bonds is 4. The Morgan fingerprint density at radius 2 is 2.09 bits per heavy atom. The molecule has 0 bridgehead atoms. The van der Waals surface area contributed by atoms with Crippen LogP contribution in [0.4, 0.5) is 5.82 Å². The molecule has 0 radical (unpaired) electrons. The molecule has 7 heteroatoms. The number of aryl methyl sites for hydroxylation is 1. The summed E-state index contributed by atoms with van der Waals surface area (Å²) in [6.45, 7) is 7.04. The average Bonchev–Trinajstić information content (AvgIpc) is 2.54. The van der Waals surface area contributed by atoms with Crippen molar-refractivity contribution in [2.24, 2.45) is 0 Å². The van der Waals surface area contributed by atoms with Gasteiger partial charge in [0.15, 0.2) is 0 Å². The van der Waals surface area contributed by atoms with Crippen molar-refractivity contribution in [3.05, 3.63) is 40.9 Å². The SMILES string of the molecule is Cc1cnc(CNc2nc(C(C)C)nc3c2CCNC3=O)cn1. The number of nitrogens with zero attached hydrogens (tertiary/aromatic N) is 4. The number of amides is 1. The molecule has 1 aliphatic rings. The average molecular weight is 312 g/mol. The van der Waals surface area contributed by atoms with Gasteiger partial charge in [-0.15, -0.1) is 0 Å². The summed E-state index contributed by atoms with van der Waals surface area (Å²) in [5.41, 5.74) is 3.06. The monoisotopic (exact) mass is 312 g/mol. The Labute approximate surface area is 135 Å². The van der Waals surface area contributed by atoms with Crippen LogP contribution in [0, 0.1) is 6.92 Å². The molecule has 2 aromatic heterocycles. The Hall–Kier alpha value is -2.57. The van der Waals surface area contributed by atoms with E-state index in [0.717, 1.165) is 29.2 Å². The Kier molecular flexibility index (Phi) is 4.18. The predicted octanol–water partition coefficient (Wildman–Crippen LogP) is 1.60. The number of carbonyl (C=O) groups is 1. The van der Waals surface area contributed by atoms with Crippen LogP contribution in [0.2, 0.25) is 0 Å². The summed E-state index contributed by atoms with van der Waals surface area (Å²) in [5.74, 6) is 1.40. The molecule has 2 aromatic rings. The van der Waals surface area contributed by atoms with Crippen LogP contribution in [0.5, 0.6) is 0 Å². The summed E-state index contributed by atoms with van der Waals surface area (Å²) >= 11 is 0. The fourth-order valence-electron chi connectivity index (χ4n) is 2.40. The van der Waals surface area contributed by atoms with Gasteiger partial charge in [0.25, 0.3) is 5.91 Å². The molecule has 0 aromatic carbocycles. The molecule has 0 spiro atoms. The second-order valence-corrected chi connectivity index (χ2v) is 5.92. The van der Waals surface area contributed by atoms with Gasteiger partial charge in [0, 0.05) is 24.2 Å². The molecule has 2 N–H and O–H groups in total. The topological polar surface area (TPSA) is 92.7 Å². The number of hydrogen-bond acceptors (Lipinski definition) is 6. The van der Waals surface area contributed by atoms with E-state index in [4.69, 9.17) is 0 Å². The maximum absolute atomic E-state index is 12.1. The molecule has 23 heavy (non-hydrogen) atoms. The largest absolute Gasteiger partial charge is 0.364 e. The van der Waals surface area contributed by atoms with Gasteiger partial charge in [-0.2, -0.15) is 0 Å². The lowest BCUT2D eigenvalue weighted by molar-refractivity contribution is 0.0940. The maximum atomic E-state index is 12.1. The fraction of sp³-hybridized carbons (Fsp3) is 0.438. The van der Waals surface area contributed by atoms with Crippen LogP contribution in [0.25, 0.3) is 0 Å². The summed E-state index contributed by atoms with van der Waals surface area (Å²) in [6, 6.07) is 0. The number of aromatic nitrogens is 4. The zero-order valence-electron chi connectivity index (χ0n) is 13.6. The van der Waals surface area contributed by atoms with E-state index in [2.05, 4.69) is 30.6 Å². The van der Waals surface area contributed by atoms with Crippen LogP contribution in [-0.2, 0) is 13.0 Å². The molecule has 0 saturated heterocycles. The van der Waals surface area contributed by atoms with Crippen molar-refractivity contribution in [3.8, 4) is 0 Å². The molecule has 0 saturated carbocycles. The van der Waals surface area contributed by atoms with Crippen molar-refractivity contribution in [2.75, 3.05) is 11.9 Å². The van der Waals surface area contributed by atoms with Crippen molar-refractivity contribution in [3.63, 3.8) is 0 Å². The lowest BCUT2D eigenvalue weighted by Crippen LogP contribution is -2.34. The molecule has 0 aliphatic carbocycles. The van der Waals surface area contributed by atoms with E-state index in [1.807, 2.05) is 20.8 Å². The van der Waals surface area contributed by atoms with E-state index in [0.29, 0.717) is 24.6 Å². The van der Waals surface area contributed by atoms with Gasteiger partial charge in [-0.3, -0.25) is 14.8 Å². The number of carbonyl (C=O) groups excluding carboxylic acids is 1. The fourth-order valence-corrected chi connectivity index (χ4v) is 2.40. The summed E-state index contributed by atoms with van der Waals surface area (Å²) in [7, 11) is 0. The van der Waals surface area contributed by atoms with Gasteiger partial charge in [-0.1, -0.05) is 13.8 Å². The Bertz CT molecular complexity index is 726. The molecule has 1 amide bonds. The number of hydrogen-bond donors (Lipinski definition) is 2. The number of nitrogens with one attached hydrogen (secondary N) is 2. The van der Waals surface area contributed by atoms with Gasteiger partial charge in [0.05, 0.1) is 24.1 Å². The second-order valence-electron chi connectivity index (χ2n) is 5.92.